The Morgan fingerprint density at radius 2 is 1.58 bits per heavy atom. The summed E-state index contributed by atoms with van der Waals surface area (Å²) in [5, 5.41) is 5.58. The van der Waals surface area contributed by atoms with Gasteiger partial charge in [0, 0.05) is 27.7 Å². The third-order valence-electron chi connectivity index (χ3n) is 2.98. The predicted molar refractivity (Wildman–Crippen MR) is 83.2 cm³/mol. The molecule has 0 spiro atoms. The zero-order chi connectivity index (χ0) is 13.8. The molecule has 0 aromatic heterocycles. The summed E-state index contributed by atoms with van der Waals surface area (Å²) in [7, 11) is 0. The zero-order valence-electron chi connectivity index (χ0n) is 10.5. The molecule has 0 amide bonds. The predicted octanol–water partition coefficient (Wildman–Crippen LogP) is 5.50. The van der Waals surface area contributed by atoms with Crippen molar-refractivity contribution in [2.75, 3.05) is 0 Å². The first-order valence-electron chi connectivity index (χ1n) is 5.99. The third kappa shape index (κ3) is 4.12. The Balaban J connectivity index is 2.02. The van der Waals surface area contributed by atoms with Crippen LogP contribution in [0.4, 0.5) is 0 Å². The van der Waals surface area contributed by atoms with E-state index in [1.54, 1.807) is 6.07 Å². The summed E-state index contributed by atoms with van der Waals surface area (Å²) in [6.07, 6.45) is 0. The Morgan fingerprint density at radius 3 is 2.26 bits per heavy atom. The molecule has 2 aromatic carbocycles. The second-order valence-electron chi connectivity index (χ2n) is 4.39. The molecule has 1 nitrogen and oxygen atoms in total. The number of hydrogen-bond acceptors (Lipinski definition) is 1. The smallest absolute Gasteiger partial charge is 0.0451 e. The first kappa shape index (κ1) is 14.7. The van der Waals surface area contributed by atoms with Crippen LogP contribution in [0.15, 0.2) is 42.5 Å². The van der Waals surface area contributed by atoms with Crippen LogP contribution in [0.1, 0.15) is 24.1 Å². The molecule has 0 aliphatic heterocycles. The lowest BCUT2D eigenvalue weighted by atomic mass is 10.1. The van der Waals surface area contributed by atoms with E-state index in [9.17, 15) is 0 Å². The number of hydrogen-bond donors (Lipinski definition) is 1. The van der Waals surface area contributed by atoms with Gasteiger partial charge in [0.25, 0.3) is 0 Å². The van der Waals surface area contributed by atoms with Crippen molar-refractivity contribution in [3.05, 3.63) is 68.7 Å². The minimum atomic E-state index is 0.215. The van der Waals surface area contributed by atoms with Crippen LogP contribution in [0.5, 0.6) is 0 Å². The van der Waals surface area contributed by atoms with Gasteiger partial charge in [0.05, 0.1) is 0 Å². The van der Waals surface area contributed by atoms with Crippen molar-refractivity contribution in [1.82, 2.24) is 5.32 Å². The molecule has 0 aliphatic carbocycles. The van der Waals surface area contributed by atoms with Crippen molar-refractivity contribution in [2.24, 2.45) is 0 Å². The van der Waals surface area contributed by atoms with Crippen LogP contribution in [0.2, 0.25) is 15.1 Å². The molecule has 2 aromatic rings. The molecular weight excluding hydrogens is 301 g/mol. The van der Waals surface area contributed by atoms with Gasteiger partial charge in [-0.15, -0.1) is 0 Å². The van der Waals surface area contributed by atoms with Crippen LogP contribution in [0.3, 0.4) is 0 Å². The Bertz CT molecular complexity index is 552. The quantitative estimate of drug-likeness (QED) is 0.786. The standard InChI is InChI=1S/C15H14Cl3N/c1-10(11-2-4-13(16)5-3-11)19-9-12-8-14(17)6-7-15(12)18/h2-8,10,19H,9H2,1H3/t10-/m0/s1. The summed E-state index contributed by atoms with van der Waals surface area (Å²) < 4.78 is 0. The molecule has 2 rings (SSSR count). The van der Waals surface area contributed by atoms with Crippen molar-refractivity contribution in [2.45, 2.75) is 19.5 Å². The highest BCUT2D eigenvalue weighted by Crippen LogP contribution is 2.22. The van der Waals surface area contributed by atoms with Crippen LogP contribution in [0, 0.1) is 0 Å². The molecule has 4 heteroatoms. The van der Waals surface area contributed by atoms with Gasteiger partial charge in [-0.25, -0.2) is 0 Å². The van der Waals surface area contributed by atoms with Gasteiger partial charge in [-0.2, -0.15) is 0 Å². The molecular formula is C15H14Cl3N. The molecule has 0 saturated carbocycles. The Morgan fingerprint density at radius 1 is 0.947 bits per heavy atom. The van der Waals surface area contributed by atoms with Gasteiger partial charge in [-0.3, -0.25) is 0 Å². The van der Waals surface area contributed by atoms with Crippen LogP contribution in [-0.4, -0.2) is 0 Å². The van der Waals surface area contributed by atoms with Crippen LogP contribution >= 0.6 is 34.8 Å². The fraction of sp³-hybridized carbons (Fsp3) is 0.200. The van der Waals surface area contributed by atoms with Gasteiger partial charge in [-0.1, -0.05) is 46.9 Å². The Hall–Kier alpha value is -0.730. The second-order valence-corrected chi connectivity index (χ2v) is 5.67. The van der Waals surface area contributed by atoms with E-state index in [4.69, 9.17) is 34.8 Å². The SMILES string of the molecule is C[C@H](NCc1cc(Cl)ccc1Cl)c1ccc(Cl)cc1. The van der Waals surface area contributed by atoms with E-state index in [1.165, 1.54) is 5.56 Å². The molecule has 0 aliphatic rings. The third-order valence-corrected chi connectivity index (χ3v) is 3.83. The first-order chi connectivity index (χ1) is 9.06. The van der Waals surface area contributed by atoms with E-state index in [-0.39, 0.29) is 6.04 Å². The Labute approximate surface area is 128 Å². The van der Waals surface area contributed by atoms with E-state index < -0.39 is 0 Å². The van der Waals surface area contributed by atoms with E-state index >= 15 is 0 Å². The molecule has 1 atom stereocenters. The molecule has 19 heavy (non-hydrogen) atoms. The van der Waals surface area contributed by atoms with Gasteiger partial charge >= 0.3 is 0 Å². The number of benzene rings is 2. The first-order valence-corrected chi connectivity index (χ1v) is 7.12. The average Bonchev–Trinajstić information content (AvgIpc) is 2.40. The molecule has 0 unspecified atom stereocenters. The van der Waals surface area contributed by atoms with E-state index in [1.807, 2.05) is 36.4 Å². The van der Waals surface area contributed by atoms with Gasteiger partial charge < -0.3 is 5.32 Å². The molecule has 1 N–H and O–H groups in total. The number of halogens is 3. The average molecular weight is 315 g/mol. The lowest BCUT2D eigenvalue weighted by molar-refractivity contribution is 0.575. The van der Waals surface area contributed by atoms with Gasteiger partial charge in [0.1, 0.15) is 0 Å². The van der Waals surface area contributed by atoms with Crippen LogP contribution in [-0.2, 0) is 6.54 Å². The van der Waals surface area contributed by atoms with E-state index in [0.29, 0.717) is 11.6 Å². The second kappa shape index (κ2) is 6.62. The summed E-state index contributed by atoms with van der Waals surface area (Å²) in [4.78, 5) is 0. The van der Waals surface area contributed by atoms with Crippen LogP contribution < -0.4 is 5.32 Å². The molecule has 100 valence electrons. The van der Waals surface area contributed by atoms with Gasteiger partial charge in [0.15, 0.2) is 0 Å². The topological polar surface area (TPSA) is 12.0 Å². The molecule has 0 fully saturated rings. The van der Waals surface area contributed by atoms with E-state index in [0.717, 1.165) is 15.6 Å². The minimum Gasteiger partial charge on any atom is -0.306 e. The van der Waals surface area contributed by atoms with E-state index in [2.05, 4.69) is 12.2 Å². The largest absolute Gasteiger partial charge is 0.306 e. The molecule has 0 bridgehead atoms. The van der Waals surface area contributed by atoms with Crippen molar-refractivity contribution in [3.63, 3.8) is 0 Å². The fourth-order valence-corrected chi connectivity index (χ4v) is 2.32. The zero-order valence-corrected chi connectivity index (χ0v) is 12.7. The highest BCUT2D eigenvalue weighted by molar-refractivity contribution is 6.33. The van der Waals surface area contributed by atoms with Crippen molar-refractivity contribution in [3.8, 4) is 0 Å². The van der Waals surface area contributed by atoms with Crippen LogP contribution in [0.25, 0.3) is 0 Å². The number of nitrogens with one attached hydrogen (secondary N) is 1. The van der Waals surface area contributed by atoms with Crippen molar-refractivity contribution < 1.29 is 0 Å². The molecule has 0 radical (unpaired) electrons. The van der Waals surface area contributed by atoms with Gasteiger partial charge in [-0.05, 0) is 48.4 Å². The lowest BCUT2D eigenvalue weighted by Gasteiger charge is -2.15. The summed E-state index contributed by atoms with van der Waals surface area (Å²) in [6, 6.07) is 13.5. The molecule has 0 saturated heterocycles. The van der Waals surface area contributed by atoms with Crippen molar-refractivity contribution >= 4 is 34.8 Å². The highest BCUT2D eigenvalue weighted by Gasteiger charge is 2.07. The summed E-state index contributed by atoms with van der Waals surface area (Å²) >= 11 is 18.0. The minimum absolute atomic E-state index is 0.215. The maximum atomic E-state index is 6.13. The normalized spacial score (nSPS) is 12.4. The molecule has 0 heterocycles. The number of rotatable bonds is 4. The van der Waals surface area contributed by atoms with Crippen molar-refractivity contribution in [1.29, 1.82) is 0 Å². The lowest BCUT2D eigenvalue weighted by Crippen LogP contribution is -2.18. The maximum absolute atomic E-state index is 6.13. The maximum Gasteiger partial charge on any atom is 0.0451 e. The highest BCUT2D eigenvalue weighted by atomic mass is 35.5. The Kier molecular flexibility index (Phi) is 5.12. The monoisotopic (exact) mass is 313 g/mol. The fourth-order valence-electron chi connectivity index (χ4n) is 1.81. The van der Waals surface area contributed by atoms with Gasteiger partial charge in [0.2, 0.25) is 0 Å². The summed E-state index contributed by atoms with van der Waals surface area (Å²) in [5.41, 5.74) is 2.18. The summed E-state index contributed by atoms with van der Waals surface area (Å²) in [6.45, 7) is 2.77. The summed E-state index contributed by atoms with van der Waals surface area (Å²) in [5.74, 6) is 0.